The summed E-state index contributed by atoms with van der Waals surface area (Å²) in [5.41, 5.74) is 6.92. The Morgan fingerprint density at radius 2 is 2.04 bits per heavy atom. The topological polar surface area (TPSA) is 64.8 Å². The number of benzene rings is 1. The van der Waals surface area contributed by atoms with Crippen LogP contribution < -0.4 is 5.73 Å². The zero-order valence-electron chi connectivity index (χ0n) is 16.1. The van der Waals surface area contributed by atoms with Crippen molar-refractivity contribution in [1.29, 1.82) is 0 Å². The van der Waals surface area contributed by atoms with Crippen molar-refractivity contribution in [3.8, 4) is 0 Å². The highest BCUT2D eigenvalue weighted by atomic mass is 35.5. The van der Waals surface area contributed by atoms with Crippen LogP contribution in [-0.2, 0) is 15.1 Å². The number of piperidine rings is 1. The summed E-state index contributed by atoms with van der Waals surface area (Å²) in [4.78, 5) is 14.3. The van der Waals surface area contributed by atoms with Crippen molar-refractivity contribution < 1.29 is 14.3 Å². The number of carbonyl (C=O) groups is 1. The van der Waals surface area contributed by atoms with Gasteiger partial charge in [0.25, 0.3) is 0 Å². The largest absolute Gasteiger partial charge is 0.381 e. The lowest BCUT2D eigenvalue weighted by Gasteiger charge is -2.55. The molecule has 4 atom stereocenters. The molecule has 4 rings (SSSR count). The van der Waals surface area contributed by atoms with E-state index >= 15 is 0 Å². The van der Waals surface area contributed by atoms with Crippen molar-refractivity contribution in [2.24, 2.45) is 23.5 Å². The van der Waals surface area contributed by atoms with Gasteiger partial charge in [0.2, 0.25) is 5.91 Å². The van der Waals surface area contributed by atoms with E-state index in [0.717, 1.165) is 38.4 Å². The maximum Gasteiger partial charge on any atom is 0.248 e. The van der Waals surface area contributed by atoms with Crippen LogP contribution in [0, 0.1) is 17.8 Å². The van der Waals surface area contributed by atoms with E-state index in [1.165, 1.54) is 25.7 Å². The van der Waals surface area contributed by atoms with Gasteiger partial charge in [-0.25, -0.2) is 0 Å². The lowest BCUT2D eigenvalue weighted by atomic mass is 9.62. The Kier molecular flexibility index (Phi) is 6.46. The van der Waals surface area contributed by atoms with E-state index in [2.05, 4.69) is 11.0 Å². The molecule has 150 valence electrons. The molecule has 2 saturated heterocycles. The highest BCUT2D eigenvalue weighted by Gasteiger charge is 2.53. The molecule has 2 N–H and O–H groups in total. The number of carbonyl (C=O) groups excluding carboxylic acids is 1. The Morgan fingerprint density at radius 1 is 1.30 bits per heavy atom. The van der Waals surface area contributed by atoms with E-state index < -0.39 is 0 Å². The second-order valence-electron chi connectivity index (χ2n) is 8.22. The molecule has 2 aliphatic heterocycles. The van der Waals surface area contributed by atoms with Crippen molar-refractivity contribution >= 4 is 18.3 Å². The number of primary amides is 1. The molecule has 0 unspecified atom stereocenters. The summed E-state index contributed by atoms with van der Waals surface area (Å²) in [5.74, 6) is 1.20. The second-order valence-corrected chi connectivity index (χ2v) is 8.22. The fraction of sp³-hybridized carbons (Fsp3) is 0.667. The third-order valence-corrected chi connectivity index (χ3v) is 6.75. The average molecular weight is 395 g/mol. The number of likely N-dealkylation sites (tertiary alicyclic amines) is 1. The Labute approximate surface area is 168 Å². The molecule has 6 heteroatoms. The molecule has 2 bridgehead atoms. The minimum atomic E-state index is -0.373. The molecule has 1 amide bonds. The normalized spacial score (nSPS) is 33.4. The summed E-state index contributed by atoms with van der Waals surface area (Å²) < 4.78 is 11.8. The Hall–Kier alpha value is -1.14. The third kappa shape index (κ3) is 3.75. The highest BCUT2D eigenvalue weighted by Crippen LogP contribution is 2.51. The van der Waals surface area contributed by atoms with E-state index in [9.17, 15) is 4.79 Å². The van der Waals surface area contributed by atoms with E-state index in [0.29, 0.717) is 23.3 Å². The molecular formula is C21H31ClN2O3. The van der Waals surface area contributed by atoms with Gasteiger partial charge in [0.05, 0.1) is 6.61 Å². The fourth-order valence-electron chi connectivity index (χ4n) is 5.60. The van der Waals surface area contributed by atoms with Crippen LogP contribution in [0.3, 0.4) is 0 Å². The first-order valence-corrected chi connectivity index (χ1v) is 9.89. The number of nitrogens with zero attached hydrogens (tertiary/aromatic N) is 1. The van der Waals surface area contributed by atoms with Gasteiger partial charge < -0.3 is 20.1 Å². The van der Waals surface area contributed by atoms with Gasteiger partial charge in [-0.2, -0.15) is 0 Å². The van der Waals surface area contributed by atoms with Crippen LogP contribution in [0.2, 0.25) is 0 Å². The molecule has 1 aliphatic carbocycles. The summed E-state index contributed by atoms with van der Waals surface area (Å²) in [5, 5.41) is 0. The van der Waals surface area contributed by atoms with Gasteiger partial charge in [-0.3, -0.25) is 4.79 Å². The van der Waals surface area contributed by atoms with Crippen LogP contribution in [0.25, 0.3) is 0 Å². The number of amides is 1. The monoisotopic (exact) mass is 394 g/mol. The SMILES string of the molecule is CO[C@]1(c2cccc(C(N)=O)c2)[C@@H]2CCC[C@H]1CN(C[C@H]1CCOC1)C2.Cl. The van der Waals surface area contributed by atoms with Gasteiger partial charge in [0, 0.05) is 50.8 Å². The van der Waals surface area contributed by atoms with Crippen LogP contribution in [0.15, 0.2) is 24.3 Å². The summed E-state index contributed by atoms with van der Waals surface area (Å²) in [6, 6.07) is 7.80. The van der Waals surface area contributed by atoms with Crippen molar-refractivity contribution in [2.45, 2.75) is 31.3 Å². The number of hydrogen-bond acceptors (Lipinski definition) is 4. The standard InChI is InChI=1S/C21H30N2O3.ClH/c1-25-21(17-5-2-4-16(10-17)20(22)24)18-6-3-7-19(21)13-23(12-18)11-15-8-9-26-14-15;/h2,4-5,10,15,18-19H,3,6-9,11-14H2,1H3,(H2,22,24);1H/t15-,18-,19+,21-;/m1./s1. The molecule has 5 nitrogen and oxygen atoms in total. The Morgan fingerprint density at radius 3 is 2.63 bits per heavy atom. The zero-order valence-corrected chi connectivity index (χ0v) is 16.9. The predicted molar refractivity (Wildman–Crippen MR) is 107 cm³/mol. The van der Waals surface area contributed by atoms with Crippen LogP contribution in [0.4, 0.5) is 0 Å². The quantitative estimate of drug-likeness (QED) is 0.834. The van der Waals surface area contributed by atoms with Gasteiger partial charge in [-0.05, 0) is 42.9 Å². The first-order chi connectivity index (χ1) is 12.6. The Balaban J connectivity index is 0.00000210. The molecule has 27 heavy (non-hydrogen) atoms. The van der Waals surface area contributed by atoms with Crippen LogP contribution in [-0.4, -0.2) is 50.8 Å². The second kappa shape index (κ2) is 8.48. The summed E-state index contributed by atoms with van der Waals surface area (Å²) in [6.07, 6.45) is 4.78. The molecule has 3 aliphatic rings. The van der Waals surface area contributed by atoms with E-state index in [1.807, 2.05) is 19.2 Å². The Bertz CT molecular complexity index is 649. The lowest BCUT2D eigenvalue weighted by Crippen LogP contribution is -2.59. The first-order valence-electron chi connectivity index (χ1n) is 9.89. The molecule has 0 radical (unpaired) electrons. The lowest BCUT2D eigenvalue weighted by molar-refractivity contribution is -0.170. The first kappa shape index (κ1) is 20.6. The van der Waals surface area contributed by atoms with Crippen LogP contribution >= 0.6 is 12.4 Å². The molecule has 3 fully saturated rings. The smallest absolute Gasteiger partial charge is 0.248 e. The van der Waals surface area contributed by atoms with E-state index in [1.54, 1.807) is 6.07 Å². The number of halogens is 1. The molecule has 1 aromatic carbocycles. The summed E-state index contributed by atoms with van der Waals surface area (Å²) in [7, 11) is 1.84. The van der Waals surface area contributed by atoms with Crippen LogP contribution in [0.1, 0.15) is 41.6 Å². The van der Waals surface area contributed by atoms with E-state index in [4.69, 9.17) is 15.2 Å². The number of fused-ring (bicyclic) bond motifs is 2. The summed E-state index contributed by atoms with van der Waals surface area (Å²) >= 11 is 0. The van der Waals surface area contributed by atoms with E-state index in [-0.39, 0.29) is 23.9 Å². The minimum Gasteiger partial charge on any atom is -0.381 e. The zero-order chi connectivity index (χ0) is 18.1. The molecule has 1 saturated carbocycles. The number of ether oxygens (including phenoxy) is 2. The molecule has 1 aromatic rings. The number of rotatable bonds is 5. The predicted octanol–water partition coefficient (Wildman–Crippen LogP) is 2.82. The van der Waals surface area contributed by atoms with Crippen molar-refractivity contribution in [2.75, 3.05) is 40.0 Å². The minimum absolute atomic E-state index is 0. The fourth-order valence-corrected chi connectivity index (χ4v) is 5.60. The number of hydrogen-bond donors (Lipinski definition) is 1. The van der Waals surface area contributed by atoms with Gasteiger partial charge >= 0.3 is 0 Å². The van der Waals surface area contributed by atoms with Crippen molar-refractivity contribution in [3.05, 3.63) is 35.4 Å². The van der Waals surface area contributed by atoms with Gasteiger partial charge in [-0.15, -0.1) is 12.4 Å². The maximum atomic E-state index is 11.7. The third-order valence-electron chi connectivity index (χ3n) is 6.75. The van der Waals surface area contributed by atoms with Crippen molar-refractivity contribution in [1.82, 2.24) is 4.90 Å². The number of nitrogens with two attached hydrogens (primary N) is 1. The maximum absolute atomic E-state index is 11.7. The van der Waals surface area contributed by atoms with Gasteiger partial charge in [0.1, 0.15) is 5.60 Å². The number of methoxy groups -OCH3 is 1. The molecule has 2 heterocycles. The van der Waals surface area contributed by atoms with Crippen LogP contribution in [0.5, 0.6) is 0 Å². The molecule has 0 spiro atoms. The van der Waals surface area contributed by atoms with Gasteiger partial charge in [-0.1, -0.05) is 18.6 Å². The summed E-state index contributed by atoms with van der Waals surface area (Å²) in [6.45, 7) is 5.06. The molecule has 0 aromatic heterocycles. The highest BCUT2D eigenvalue weighted by molar-refractivity contribution is 5.92. The molecular weight excluding hydrogens is 364 g/mol. The van der Waals surface area contributed by atoms with Gasteiger partial charge in [0.15, 0.2) is 0 Å². The average Bonchev–Trinajstić information content (AvgIpc) is 3.14. The van der Waals surface area contributed by atoms with Crippen molar-refractivity contribution in [3.63, 3.8) is 0 Å².